The molecule has 0 spiro atoms. The molecule has 1 aromatic heterocycles. The van der Waals surface area contributed by atoms with Crippen LogP contribution in [-0.4, -0.2) is 17.2 Å². The third-order valence-electron chi connectivity index (χ3n) is 3.18. The Balaban J connectivity index is 1.78. The molecule has 1 heterocycles. The number of halogens is 1. The molecule has 3 rings (SSSR count). The number of rotatable bonds is 4. The number of carbonyl (C=O) groups excluding carboxylic acids is 1. The van der Waals surface area contributed by atoms with Gasteiger partial charge in [-0.05, 0) is 37.0 Å². The fourth-order valence-electron chi connectivity index (χ4n) is 1.91. The number of aromatic nitrogens is 1. The summed E-state index contributed by atoms with van der Waals surface area (Å²) < 4.78 is 7.32. The molecule has 2 aromatic rings. The minimum absolute atomic E-state index is 0.0716. The number of fused-ring (bicyclic) bond motifs is 1. The Bertz CT molecular complexity index is 685. The number of benzene rings is 1. The molecule has 0 aliphatic heterocycles. The first-order chi connectivity index (χ1) is 9.13. The van der Waals surface area contributed by atoms with E-state index < -0.39 is 0 Å². The van der Waals surface area contributed by atoms with Crippen molar-refractivity contribution in [1.82, 2.24) is 10.1 Å². The third-order valence-corrected chi connectivity index (χ3v) is 3.67. The van der Waals surface area contributed by atoms with Crippen molar-refractivity contribution in [2.75, 3.05) is 6.54 Å². The van der Waals surface area contributed by atoms with Crippen molar-refractivity contribution in [3.63, 3.8) is 0 Å². The van der Waals surface area contributed by atoms with E-state index in [1.807, 2.05) is 0 Å². The fraction of sp³-hybridized carbons (Fsp3) is 0.385. The first kappa shape index (κ1) is 12.5. The molecule has 0 unspecified atom stereocenters. The van der Waals surface area contributed by atoms with Crippen LogP contribution in [-0.2, 0) is 11.3 Å². The van der Waals surface area contributed by atoms with Crippen LogP contribution in [0.1, 0.15) is 12.8 Å². The van der Waals surface area contributed by atoms with Gasteiger partial charge >= 0.3 is 0 Å². The van der Waals surface area contributed by atoms with Crippen LogP contribution in [0.2, 0.25) is 0 Å². The number of carbonyl (C=O) groups is 1. The van der Waals surface area contributed by atoms with Gasteiger partial charge in [0, 0.05) is 11.0 Å². The molecule has 1 aliphatic rings. The van der Waals surface area contributed by atoms with Crippen molar-refractivity contribution in [2.24, 2.45) is 5.92 Å². The van der Waals surface area contributed by atoms with Crippen LogP contribution in [0.5, 0.6) is 0 Å². The monoisotopic (exact) mass is 324 g/mol. The van der Waals surface area contributed by atoms with Crippen LogP contribution < -0.4 is 10.9 Å². The van der Waals surface area contributed by atoms with Crippen LogP contribution in [0, 0.1) is 5.92 Å². The van der Waals surface area contributed by atoms with Crippen LogP contribution in [0.25, 0.3) is 11.0 Å². The average Bonchev–Trinajstić information content (AvgIpc) is 3.14. The van der Waals surface area contributed by atoms with Gasteiger partial charge in [-0.1, -0.05) is 15.9 Å². The van der Waals surface area contributed by atoms with Crippen LogP contribution in [0.3, 0.4) is 0 Å². The first-order valence-electron chi connectivity index (χ1n) is 6.19. The minimum atomic E-state index is -0.274. The largest absolute Gasteiger partial charge is 0.375 e. The Morgan fingerprint density at radius 2 is 2.26 bits per heavy atom. The number of hydrogen-bond acceptors (Lipinski definition) is 3. The van der Waals surface area contributed by atoms with E-state index >= 15 is 0 Å². The van der Waals surface area contributed by atoms with Crippen molar-refractivity contribution in [3.8, 4) is 0 Å². The molecule has 5 nitrogen and oxygen atoms in total. The second-order valence-electron chi connectivity index (χ2n) is 4.82. The number of nitrogens with one attached hydrogen (secondary N) is 1. The Hall–Kier alpha value is -1.56. The van der Waals surface area contributed by atoms with E-state index in [4.69, 9.17) is 4.52 Å². The smallest absolute Gasteiger partial charge is 0.290 e. The maximum Gasteiger partial charge on any atom is 0.290 e. The van der Waals surface area contributed by atoms with Gasteiger partial charge in [-0.2, -0.15) is 4.74 Å². The van der Waals surface area contributed by atoms with Crippen molar-refractivity contribution in [2.45, 2.75) is 19.4 Å². The maximum atomic E-state index is 12.0. The molecule has 1 amide bonds. The predicted molar refractivity (Wildman–Crippen MR) is 73.9 cm³/mol. The van der Waals surface area contributed by atoms with Gasteiger partial charge in [0.15, 0.2) is 5.58 Å². The van der Waals surface area contributed by atoms with Crippen LogP contribution in [0.15, 0.2) is 32.0 Å². The van der Waals surface area contributed by atoms with E-state index in [0.717, 1.165) is 9.21 Å². The Kier molecular flexibility index (Phi) is 3.18. The van der Waals surface area contributed by atoms with Gasteiger partial charge in [-0.15, -0.1) is 0 Å². The quantitative estimate of drug-likeness (QED) is 0.934. The highest BCUT2D eigenvalue weighted by Crippen LogP contribution is 2.27. The van der Waals surface area contributed by atoms with E-state index in [-0.39, 0.29) is 18.0 Å². The van der Waals surface area contributed by atoms with Gasteiger partial charge in [-0.3, -0.25) is 9.59 Å². The lowest BCUT2D eigenvalue weighted by atomic mass is 10.3. The summed E-state index contributed by atoms with van der Waals surface area (Å²) in [5.41, 5.74) is 0.207. The minimum Gasteiger partial charge on any atom is -0.375 e. The molecular weight excluding hydrogens is 312 g/mol. The summed E-state index contributed by atoms with van der Waals surface area (Å²) in [6.07, 6.45) is 2.36. The summed E-state index contributed by atoms with van der Waals surface area (Å²) in [6.45, 7) is 0.622. The summed E-state index contributed by atoms with van der Waals surface area (Å²) in [7, 11) is 0. The Morgan fingerprint density at radius 1 is 1.47 bits per heavy atom. The third kappa shape index (κ3) is 2.73. The Morgan fingerprint density at radius 3 is 3.00 bits per heavy atom. The van der Waals surface area contributed by atoms with Crippen molar-refractivity contribution in [1.29, 1.82) is 0 Å². The first-order valence-corrected chi connectivity index (χ1v) is 6.99. The molecule has 19 heavy (non-hydrogen) atoms. The topological polar surface area (TPSA) is 64.2 Å². The summed E-state index contributed by atoms with van der Waals surface area (Å²) in [6, 6.07) is 5.18. The zero-order chi connectivity index (χ0) is 13.4. The van der Waals surface area contributed by atoms with Gasteiger partial charge in [0.05, 0.1) is 5.39 Å². The molecular formula is C13H13BrN2O3. The average molecular weight is 325 g/mol. The molecule has 1 saturated carbocycles. The van der Waals surface area contributed by atoms with Gasteiger partial charge < -0.3 is 9.84 Å². The zero-order valence-electron chi connectivity index (χ0n) is 10.2. The molecule has 0 saturated heterocycles. The van der Waals surface area contributed by atoms with Gasteiger partial charge in [0.25, 0.3) is 5.56 Å². The van der Waals surface area contributed by atoms with E-state index in [0.29, 0.717) is 23.4 Å². The van der Waals surface area contributed by atoms with E-state index in [1.54, 1.807) is 18.2 Å². The molecule has 100 valence electrons. The lowest BCUT2D eigenvalue weighted by Gasteiger charge is -2.02. The lowest BCUT2D eigenvalue weighted by Crippen LogP contribution is -2.31. The fourth-order valence-corrected chi connectivity index (χ4v) is 2.25. The van der Waals surface area contributed by atoms with E-state index in [9.17, 15) is 9.59 Å². The molecule has 1 fully saturated rings. The second kappa shape index (κ2) is 4.85. The highest BCUT2D eigenvalue weighted by molar-refractivity contribution is 9.10. The molecule has 0 radical (unpaired) electrons. The van der Waals surface area contributed by atoms with E-state index in [1.165, 1.54) is 12.8 Å². The lowest BCUT2D eigenvalue weighted by molar-refractivity contribution is -0.122. The normalized spacial score (nSPS) is 14.8. The summed E-state index contributed by atoms with van der Waals surface area (Å²) >= 11 is 3.31. The molecule has 0 bridgehead atoms. The highest BCUT2D eigenvalue weighted by atomic mass is 79.9. The summed E-state index contributed by atoms with van der Waals surface area (Å²) in [5, 5.41) is 3.29. The standard InChI is InChI=1S/C13H13BrN2O3/c14-9-3-4-10-11(5-9)19-16(13(10)18)7-12(17)15-6-8-1-2-8/h3-5,8H,1-2,6-7H2,(H,15,17). The van der Waals surface area contributed by atoms with Gasteiger partial charge in [0.1, 0.15) is 6.54 Å². The maximum absolute atomic E-state index is 12.0. The molecule has 1 aliphatic carbocycles. The van der Waals surface area contributed by atoms with Crippen LogP contribution in [0.4, 0.5) is 0 Å². The molecule has 0 atom stereocenters. The Labute approximate surface area is 117 Å². The molecule has 1 N–H and O–H groups in total. The highest BCUT2D eigenvalue weighted by Gasteiger charge is 2.22. The SMILES string of the molecule is O=C(Cn1oc2cc(Br)ccc2c1=O)NCC1CC1. The van der Waals surface area contributed by atoms with Crippen LogP contribution >= 0.6 is 15.9 Å². The molecule has 6 heteroatoms. The van der Waals surface area contributed by atoms with E-state index in [2.05, 4.69) is 21.2 Å². The zero-order valence-corrected chi connectivity index (χ0v) is 11.8. The summed E-state index contributed by atoms with van der Waals surface area (Å²) in [4.78, 5) is 23.7. The van der Waals surface area contributed by atoms with Crippen molar-refractivity contribution >= 4 is 32.8 Å². The number of hydrogen-bond donors (Lipinski definition) is 1. The van der Waals surface area contributed by atoms with Crippen molar-refractivity contribution in [3.05, 3.63) is 33.0 Å². The van der Waals surface area contributed by atoms with Gasteiger partial charge in [-0.25, -0.2) is 0 Å². The summed E-state index contributed by atoms with van der Waals surface area (Å²) in [5.74, 6) is 0.430. The number of amides is 1. The number of nitrogens with zero attached hydrogens (tertiary/aromatic N) is 1. The molecule has 1 aromatic carbocycles. The van der Waals surface area contributed by atoms with Crippen molar-refractivity contribution < 1.29 is 9.32 Å². The van der Waals surface area contributed by atoms with Gasteiger partial charge in [0.2, 0.25) is 5.91 Å². The second-order valence-corrected chi connectivity index (χ2v) is 5.74. The predicted octanol–water partition coefficient (Wildman–Crippen LogP) is 1.88.